The van der Waals surface area contributed by atoms with Crippen LogP contribution in [0.2, 0.25) is 5.02 Å². The van der Waals surface area contributed by atoms with Gasteiger partial charge in [0.1, 0.15) is 6.07 Å². The molecule has 0 spiro atoms. The van der Waals surface area contributed by atoms with Crippen molar-refractivity contribution >= 4 is 17.6 Å². The van der Waals surface area contributed by atoms with Crippen molar-refractivity contribution in [1.82, 2.24) is 4.98 Å². The molecule has 1 rings (SSSR count). The minimum absolute atomic E-state index is 0.362. The molecule has 0 atom stereocenters. The molecule has 4 nitrogen and oxygen atoms in total. The highest BCUT2D eigenvalue weighted by atomic mass is 35.5. The molecule has 0 aliphatic rings. The molecule has 0 fully saturated rings. The summed E-state index contributed by atoms with van der Waals surface area (Å²) in [7, 11) is 1.06. The van der Waals surface area contributed by atoms with Crippen LogP contribution >= 0.6 is 11.6 Å². The fourth-order valence-corrected chi connectivity index (χ4v) is 1.31. The molecule has 0 unspecified atom stereocenters. The molecule has 7 heteroatoms. The van der Waals surface area contributed by atoms with E-state index in [0.717, 1.165) is 13.3 Å². The zero-order valence-electron chi connectivity index (χ0n) is 8.00. The Balaban J connectivity index is 3.51. The van der Waals surface area contributed by atoms with Gasteiger partial charge in [0, 0.05) is 6.20 Å². The molecule has 0 aromatic carbocycles. The molecular weight excluding hydrogens is 242 g/mol. The van der Waals surface area contributed by atoms with Crippen LogP contribution in [0.15, 0.2) is 6.20 Å². The van der Waals surface area contributed by atoms with Gasteiger partial charge in [0.15, 0.2) is 5.69 Å². The highest BCUT2D eigenvalue weighted by molar-refractivity contribution is 6.31. The lowest BCUT2D eigenvalue weighted by Gasteiger charge is -2.08. The fourth-order valence-electron chi connectivity index (χ4n) is 1.08. The van der Waals surface area contributed by atoms with E-state index in [4.69, 9.17) is 16.9 Å². The van der Waals surface area contributed by atoms with E-state index in [1.165, 1.54) is 6.07 Å². The van der Waals surface area contributed by atoms with Gasteiger partial charge < -0.3 is 4.74 Å². The summed E-state index contributed by atoms with van der Waals surface area (Å²) < 4.78 is 29.5. The SMILES string of the molecule is COC(=O)c1ncc(Cl)c(C(F)F)c1C#N. The molecule has 0 radical (unpaired) electrons. The molecular formula is C9H5ClF2N2O2. The van der Waals surface area contributed by atoms with Gasteiger partial charge in [-0.25, -0.2) is 18.6 Å². The number of nitrogens with zero attached hydrogens (tertiary/aromatic N) is 2. The summed E-state index contributed by atoms with van der Waals surface area (Å²) in [6, 6.07) is 1.47. The standard InChI is InChI=1S/C9H5ClF2N2O2/c1-16-9(15)7-4(2-13)6(8(11)12)5(10)3-14-7/h3,8H,1H3. The largest absolute Gasteiger partial charge is 0.464 e. The summed E-state index contributed by atoms with van der Waals surface area (Å²) in [5.41, 5.74) is -1.74. The van der Waals surface area contributed by atoms with Crippen molar-refractivity contribution in [3.63, 3.8) is 0 Å². The second-order valence-corrected chi connectivity index (χ2v) is 3.05. The minimum atomic E-state index is -2.96. The van der Waals surface area contributed by atoms with Crippen molar-refractivity contribution in [1.29, 1.82) is 5.26 Å². The Morgan fingerprint density at radius 2 is 2.31 bits per heavy atom. The second kappa shape index (κ2) is 4.86. The Morgan fingerprint density at radius 1 is 1.69 bits per heavy atom. The van der Waals surface area contributed by atoms with Crippen molar-refractivity contribution in [2.24, 2.45) is 0 Å². The lowest BCUT2D eigenvalue weighted by atomic mass is 10.1. The van der Waals surface area contributed by atoms with Crippen LogP contribution in [0.1, 0.15) is 28.0 Å². The number of rotatable bonds is 2. The average molecular weight is 247 g/mol. The summed E-state index contributed by atoms with van der Waals surface area (Å²) in [6.45, 7) is 0. The van der Waals surface area contributed by atoms with Crippen LogP contribution in [0, 0.1) is 11.3 Å². The first-order valence-electron chi connectivity index (χ1n) is 3.97. The van der Waals surface area contributed by atoms with E-state index in [1.54, 1.807) is 0 Å². The summed E-state index contributed by atoms with van der Waals surface area (Å²) in [5.74, 6) is -0.963. The van der Waals surface area contributed by atoms with Crippen LogP contribution in [0.5, 0.6) is 0 Å². The van der Waals surface area contributed by atoms with Crippen LogP contribution in [-0.4, -0.2) is 18.1 Å². The third kappa shape index (κ3) is 2.09. The Morgan fingerprint density at radius 3 is 2.75 bits per heavy atom. The summed E-state index contributed by atoms with van der Waals surface area (Å²) in [6.07, 6.45) is -2.08. The Labute approximate surface area is 94.4 Å². The lowest BCUT2D eigenvalue weighted by molar-refractivity contribution is 0.0593. The molecule has 0 amide bonds. The number of aromatic nitrogens is 1. The first kappa shape index (κ1) is 12.3. The van der Waals surface area contributed by atoms with E-state index < -0.39 is 29.2 Å². The molecule has 0 aliphatic heterocycles. The van der Waals surface area contributed by atoms with Gasteiger partial charge in [0.25, 0.3) is 6.43 Å². The Bertz CT molecular complexity index is 471. The quantitative estimate of drug-likeness (QED) is 0.752. The van der Waals surface area contributed by atoms with Gasteiger partial charge in [-0.1, -0.05) is 11.6 Å². The number of ether oxygens (including phenoxy) is 1. The number of nitriles is 1. The number of hydrogen-bond donors (Lipinski definition) is 0. The normalized spacial score (nSPS) is 10.0. The molecule has 1 heterocycles. The van der Waals surface area contributed by atoms with Crippen molar-refractivity contribution in [2.45, 2.75) is 6.43 Å². The second-order valence-electron chi connectivity index (χ2n) is 2.65. The fraction of sp³-hybridized carbons (Fsp3) is 0.222. The van der Waals surface area contributed by atoms with E-state index >= 15 is 0 Å². The van der Waals surface area contributed by atoms with E-state index in [9.17, 15) is 13.6 Å². The molecule has 84 valence electrons. The number of halogens is 3. The molecule has 1 aromatic heterocycles. The highest BCUT2D eigenvalue weighted by Gasteiger charge is 2.24. The van der Waals surface area contributed by atoms with Crippen molar-refractivity contribution < 1.29 is 18.3 Å². The number of pyridine rings is 1. The molecule has 16 heavy (non-hydrogen) atoms. The van der Waals surface area contributed by atoms with Gasteiger partial charge in [0.05, 0.1) is 23.3 Å². The van der Waals surface area contributed by atoms with Crippen LogP contribution in [0.25, 0.3) is 0 Å². The molecule has 0 saturated carbocycles. The first-order chi connectivity index (χ1) is 7.52. The molecule has 0 aliphatic carbocycles. The third-order valence-corrected chi connectivity index (χ3v) is 2.08. The summed E-state index contributed by atoms with van der Waals surface area (Å²) in [5, 5.41) is 8.37. The molecule has 0 N–H and O–H groups in total. The average Bonchev–Trinajstić information content (AvgIpc) is 2.26. The maximum absolute atomic E-state index is 12.6. The monoisotopic (exact) mass is 246 g/mol. The zero-order chi connectivity index (χ0) is 12.3. The third-order valence-electron chi connectivity index (χ3n) is 1.78. The van der Waals surface area contributed by atoms with E-state index in [-0.39, 0.29) is 5.02 Å². The van der Waals surface area contributed by atoms with Gasteiger partial charge in [-0.05, 0) is 0 Å². The predicted molar refractivity (Wildman–Crippen MR) is 50.3 cm³/mol. The number of esters is 1. The van der Waals surface area contributed by atoms with Gasteiger partial charge in [-0.15, -0.1) is 0 Å². The van der Waals surface area contributed by atoms with Crippen LogP contribution < -0.4 is 0 Å². The Kier molecular flexibility index (Phi) is 3.74. The molecule has 1 aromatic rings. The van der Waals surface area contributed by atoms with Crippen LogP contribution in [-0.2, 0) is 4.74 Å². The topological polar surface area (TPSA) is 63.0 Å². The summed E-state index contributed by atoms with van der Waals surface area (Å²) in [4.78, 5) is 14.7. The van der Waals surface area contributed by atoms with E-state index in [0.29, 0.717) is 0 Å². The number of carbonyl (C=O) groups excluding carboxylic acids is 1. The lowest BCUT2D eigenvalue weighted by Crippen LogP contribution is -2.10. The van der Waals surface area contributed by atoms with Crippen LogP contribution in [0.4, 0.5) is 8.78 Å². The van der Waals surface area contributed by atoms with Gasteiger partial charge in [-0.2, -0.15) is 5.26 Å². The van der Waals surface area contributed by atoms with E-state index in [2.05, 4.69) is 9.72 Å². The minimum Gasteiger partial charge on any atom is -0.464 e. The number of carbonyl (C=O) groups is 1. The smallest absolute Gasteiger partial charge is 0.358 e. The number of alkyl halides is 2. The first-order valence-corrected chi connectivity index (χ1v) is 4.35. The van der Waals surface area contributed by atoms with Crippen molar-refractivity contribution in [2.75, 3.05) is 7.11 Å². The zero-order valence-corrected chi connectivity index (χ0v) is 8.76. The van der Waals surface area contributed by atoms with Crippen LogP contribution in [0.3, 0.4) is 0 Å². The van der Waals surface area contributed by atoms with Gasteiger partial charge in [0.2, 0.25) is 0 Å². The van der Waals surface area contributed by atoms with E-state index in [1.807, 2.05) is 0 Å². The predicted octanol–water partition coefficient (Wildman–Crippen LogP) is 2.33. The summed E-state index contributed by atoms with van der Waals surface area (Å²) >= 11 is 5.48. The maximum atomic E-state index is 12.6. The number of methoxy groups -OCH3 is 1. The molecule has 0 saturated heterocycles. The van der Waals surface area contributed by atoms with Gasteiger partial charge in [-0.3, -0.25) is 0 Å². The highest BCUT2D eigenvalue weighted by Crippen LogP contribution is 2.30. The van der Waals surface area contributed by atoms with Crippen molar-refractivity contribution in [3.05, 3.63) is 28.0 Å². The Hall–Kier alpha value is -1.74. The van der Waals surface area contributed by atoms with Gasteiger partial charge >= 0.3 is 5.97 Å². The number of hydrogen-bond acceptors (Lipinski definition) is 4. The van der Waals surface area contributed by atoms with Crippen molar-refractivity contribution in [3.8, 4) is 6.07 Å². The maximum Gasteiger partial charge on any atom is 0.358 e. The molecule has 0 bridgehead atoms.